The predicted octanol–water partition coefficient (Wildman–Crippen LogP) is 2.93. The van der Waals surface area contributed by atoms with Crippen LogP contribution in [0, 0.1) is 19.8 Å². The van der Waals surface area contributed by atoms with Gasteiger partial charge in [-0.3, -0.25) is 9.48 Å². The molecule has 1 fully saturated rings. The highest BCUT2D eigenvalue weighted by Gasteiger charge is 2.31. The molecule has 134 valence electrons. The summed E-state index contributed by atoms with van der Waals surface area (Å²) in [5.74, 6) is 2.19. The van der Waals surface area contributed by atoms with Crippen LogP contribution in [0.1, 0.15) is 46.8 Å². The first-order valence-corrected chi connectivity index (χ1v) is 9.08. The zero-order valence-corrected chi connectivity index (χ0v) is 14.9. The van der Waals surface area contributed by atoms with E-state index in [1.54, 1.807) is 6.20 Å². The Bertz CT molecular complexity index is 760. The van der Waals surface area contributed by atoms with Crippen molar-refractivity contribution in [3.05, 3.63) is 41.1 Å². The number of furan rings is 1. The molecule has 6 nitrogen and oxygen atoms in total. The van der Waals surface area contributed by atoms with E-state index in [0.29, 0.717) is 24.5 Å². The summed E-state index contributed by atoms with van der Waals surface area (Å²) in [4.78, 5) is 15.2. The van der Waals surface area contributed by atoms with Gasteiger partial charge in [0.25, 0.3) is 5.91 Å². The monoisotopic (exact) mass is 343 g/mol. The van der Waals surface area contributed by atoms with Crippen molar-refractivity contribution >= 4 is 5.91 Å². The van der Waals surface area contributed by atoms with Gasteiger partial charge >= 0.3 is 0 Å². The van der Waals surface area contributed by atoms with Gasteiger partial charge in [-0.05, 0) is 51.2 Å². The third-order valence-corrected chi connectivity index (χ3v) is 5.14. The second-order valence-electron chi connectivity index (χ2n) is 7.23. The van der Waals surface area contributed by atoms with Crippen LogP contribution in [0.5, 0.6) is 0 Å². The number of amides is 1. The normalized spacial score (nSPS) is 20.4. The Hall–Kier alpha value is -2.08. The van der Waals surface area contributed by atoms with Crippen molar-refractivity contribution in [2.45, 2.75) is 52.2 Å². The van der Waals surface area contributed by atoms with Crippen molar-refractivity contribution < 1.29 is 13.9 Å². The van der Waals surface area contributed by atoms with E-state index in [9.17, 15) is 4.79 Å². The number of nitrogens with zero attached hydrogens (tertiary/aromatic N) is 3. The highest BCUT2D eigenvalue weighted by Crippen LogP contribution is 2.29. The molecule has 2 aromatic heterocycles. The molecule has 1 aliphatic heterocycles. The number of hydrogen-bond donors (Lipinski definition) is 0. The van der Waals surface area contributed by atoms with E-state index in [4.69, 9.17) is 9.15 Å². The highest BCUT2D eigenvalue weighted by molar-refractivity contribution is 5.95. The van der Waals surface area contributed by atoms with Gasteiger partial charge in [-0.2, -0.15) is 5.10 Å². The van der Waals surface area contributed by atoms with E-state index in [1.165, 1.54) is 12.8 Å². The van der Waals surface area contributed by atoms with Crippen molar-refractivity contribution in [1.29, 1.82) is 0 Å². The van der Waals surface area contributed by atoms with Gasteiger partial charge in [0.05, 0.1) is 30.5 Å². The zero-order chi connectivity index (χ0) is 17.4. The molecular weight excluding hydrogens is 318 g/mol. The Kier molecular flexibility index (Phi) is 4.37. The van der Waals surface area contributed by atoms with Crippen molar-refractivity contribution in [2.24, 2.45) is 5.92 Å². The van der Waals surface area contributed by atoms with Crippen LogP contribution in [0.25, 0.3) is 0 Å². The molecule has 0 N–H and O–H groups in total. The summed E-state index contributed by atoms with van der Waals surface area (Å²) >= 11 is 0. The molecule has 0 spiro atoms. The van der Waals surface area contributed by atoms with Crippen molar-refractivity contribution in [2.75, 3.05) is 13.2 Å². The van der Waals surface area contributed by atoms with E-state index >= 15 is 0 Å². The summed E-state index contributed by atoms with van der Waals surface area (Å²) in [5, 5.41) is 4.38. The molecule has 0 saturated heterocycles. The predicted molar refractivity (Wildman–Crippen MR) is 92.2 cm³/mol. The molecule has 2 aromatic rings. The fraction of sp³-hybridized carbons (Fsp3) is 0.579. The third-order valence-electron chi connectivity index (χ3n) is 5.14. The Morgan fingerprint density at radius 3 is 2.88 bits per heavy atom. The number of carbonyl (C=O) groups excluding carboxylic acids is 1. The van der Waals surface area contributed by atoms with Crippen molar-refractivity contribution in [3.8, 4) is 0 Å². The topological polar surface area (TPSA) is 60.5 Å². The van der Waals surface area contributed by atoms with Crippen LogP contribution in [0.2, 0.25) is 0 Å². The fourth-order valence-corrected chi connectivity index (χ4v) is 3.49. The summed E-state index contributed by atoms with van der Waals surface area (Å²) in [6, 6.07) is 3.88. The average Bonchev–Trinajstić information content (AvgIpc) is 3.25. The van der Waals surface area contributed by atoms with Gasteiger partial charge in [-0.1, -0.05) is 0 Å². The van der Waals surface area contributed by atoms with Crippen molar-refractivity contribution in [1.82, 2.24) is 14.7 Å². The molecule has 0 bridgehead atoms. The lowest BCUT2D eigenvalue weighted by Gasteiger charge is -2.29. The first-order chi connectivity index (χ1) is 12.1. The quantitative estimate of drug-likeness (QED) is 0.837. The molecule has 3 heterocycles. The maximum atomic E-state index is 13.2. The third kappa shape index (κ3) is 3.49. The largest absolute Gasteiger partial charge is 0.466 e. The Morgan fingerprint density at radius 2 is 2.16 bits per heavy atom. The van der Waals surface area contributed by atoms with Crippen LogP contribution in [0.4, 0.5) is 0 Å². The first kappa shape index (κ1) is 16.4. The summed E-state index contributed by atoms with van der Waals surface area (Å²) in [7, 11) is 0. The SMILES string of the molecule is Cc1cc(C(=O)N2Cc3ccnn3CCC2COCC2CC2)c(C)o1. The van der Waals surface area contributed by atoms with Crippen LogP contribution < -0.4 is 0 Å². The van der Waals surface area contributed by atoms with Gasteiger partial charge < -0.3 is 14.1 Å². The number of aryl methyl sites for hydroxylation is 3. The van der Waals surface area contributed by atoms with Crippen LogP contribution in [-0.2, 0) is 17.8 Å². The lowest BCUT2D eigenvalue weighted by molar-refractivity contribution is 0.0369. The standard InChI is InChI=1S/C19H25N3O3/c1-13-9-18(14(2)25-13)19(23)21-10-16-5-7-20-22(16)8-6-17(21)12-24-11-15-3-4-15/h5,7,9,15,17H,3-4,6,8,10-12H2,1-2H3. The number of rotatable bonds is 5. The molecule has 0 aromatic carbocycles. The molecule has 25 heavy (non-hydrogen) atoms. The minimum atomic E-state index is 0.0176. The molecular formula is C19H25N3O3. The van der Waals surface area contributed by atoms with E-state index in [-0.39, 0.29) is 11.9 Å². The zero-order valence-electron chi connectivity index (χ0n) is 14.9. The van der Waals surface area contributed by atoms with Crippen LogP contribution in [0.3, 0.4) is 0 Å². The van der Waals surface area contributed by atoms with E-state index in [0.717, 1.165) is 36.9 Å². The Morgan fingerprint density at radius 1 is 1.32 bits per heavy atom. The van der Waals surface area contributed by atoms with Crippen LogP contribution in [0.15, 0.2) is 22.7 Å². The molecule has 6 heteroatoms. The Balaban J connectivity index is 1.55. The summed E-state index contributed by atoms with van der Waals surface area (Å²) in [6.45, 7) is 6.49. The molecule has 2 aliphatic rings. The second kappa shape index (κ2) is 6.67. The van der Waals surface area contributed by atoms with Gasteiger partial charge in [0.2, 0.25) is 0 Å². The molecule has 1 unspecified atom stereocenters. The van der Waals surface area contributed by atoms with Gasteiger partial charge in [-0.15, -0.1) is 0 Å². The van der Waals surface area contributed by atoms with Gasteiger partial charge in [0.1, 0.15) is 11.5 Å². The maximum absolute atomic E-state index is 13.2. The number of ether oxygens (including phenoxy) is 1. The van der Waals surface area contributed by atoms with Gasteiger partial charge in [0.15, 0.2) is 0 Å². The van der Waals surface area contributed by atoms with E-state index in [2.05, 4.69) is 5.10 Å². The van der Waals surface area contributed by atoms with Gasteiger partial charge in [0, 0.05) is 19.3 Å². The highest BCUT2D eigenvalue weighted by atomic mass is 16.5. The average molecular weight is 343 g/mol. The first-order valence-electron chi connectivity index (χ1n) is 9.08. The van der Waals surface area contributed by atoms with Crippen LogP contribution >= 0.6 is 0 Å². The molecule has 1 amide bonds. The molecule has 1 saturated carbocycles. The summed E-state index contributed by atoms with van der Waals surface area (Å²) < 4.78 is 13.5. The second-order valence-corrected chi connectivity index (χ2v) is 7.23. The lowest BCUT2D eigenvalue weighted by Crippen LogP contribution is -2.42. The maximum Gasteiger partial charge on any atom is 0.258 e. The number of hydrogen-bond acceptors (Lipinski definition) is 4. The molecule has 1 aliphatic carbocycles. The lowest BCUT2D eigenvalue weighted by atomic mass is 10.1. The minimum absolute atomic E-state index is 0.0176. The summed E-state index contributed by atoms with van der Waals surface area (Å²) in [5.41, 5.74) is 1.72. The van der Waals surface area contributed by atoms with E-state index in [1.807, 2.05) is 35.6 Å². The van der Waals surface area contributed by atoms with E-state index < -0.39 is 0 Å². The minimum Gasteiger partial charge on any atom is -0.466 e. The van der Waals surface area contributed by atoms with Crippen molar-refractivity contribution in [3.63, 3.8) is 0 Å². The molecule has 0 radical (unpaired) electrons. The summed E-state index contributed by atoms with van der Waals surface area (Å²) in [6.07, 6.45) is 5.20. The number of aromatic nitrogens is 2. The number of fused-ring (bicyclic) bond motifs is 1. The number of carbonyl (C=O) groups is 1. The molecule has 1 atom stereocenters. The van der Waals surface area contributed by atoms with Gasteiger partial charge in [-0.25, -0.2) is 0 Å². The Labute approximate surface area is 147 Å². The molecule has 4 rings (SSSR count). The smallest absolute Gasteiger partial charge is 0.258 e. The fourth-order valence-electron chi connectivity index (χ4n) is 3.49. The van der Waals surface area contributed by atoms with Crippen LogP contribution in [-0.4, -0.2) is 39.8 Å².